The van der Waals surface area contributed by atoms with Gasteiger partial charge < -0.3 is 10.1 Å². The number of hydrogen-bond acceptors (Lipinski definition) is 8. The maximum atomic E-state index is 5.97. The van der Waals surface area contributed by atoms with Crippen LogP contribution >= 0.6 is 39.0 Å². The zero-order valence-corrected chi connectivity index (χ0v) is 17.0. The molecular weight excluding hydrogens is 446 g/mol. The van der Waals surface area contributed by atoms with Gasteiger partial charge in [-0.1, -0.05) is 69.4 Å². The third-order valence-corrected chi connectivity index (χ3v) is 6.65. The van der Waals surface area contributed by atoms with Gasteiger partial charge in [-0.05, 0) is 18.2 Å². The van der Waals surface area contributed by atoms with E-state index in [1.165, 1.54) is 0 Å². The number of thioether (sulfide) groups is 1. The molecule has 134 valence electrons. The normalized spacial score (nSPS) is 17.3. The van der Waals surface area contributed by atoms with Crippen molar-refractivity contribution in [2.45, 2.75) is 10.6 Å². The molecule has 0 amide bonds. The lowest BCUT2D eigenvalue weighted by molar-refractivity contribution is 0.276. The van der Waals surface area contributed by atoms with Crippen LogP contribution in [0.3, 0.4) is 0 Å². The maximum Gasteiger partial charge on any atom is 0.221 e. The Hall–Kier alpha value is -2.23. The van der Waals surface area contributed by atoms with Gasteiger partial charge in [-0.2, -0.15) is 0 Å². The first-order chi connectivity index (χ1) is 13.3. The number of fused-ring (bicyclic) bond motifs is 3. The van der Waals surface area contributed by atoms with Gasteiger partial charge >= 0.3 is 0 Å². The summed E-state index contributed by atoms with van der Waals surface area (Å²) in [5.41, 5.74) is 3.90. The minimum Gasteiger partial charge on any atom is -0.449 e. The van der Waals surface area contributed by atoms with Gasteiger partial charge in [-0.3, -0.25) is 0 Å². The van der Waals surface area contributed by atoms with Crippen LogP contribution in [0.1, 0.15) is 5.56 Å². The van der Waals surface area contributed by atoms with E-state index in [-0.39, 0.29) is 6.23 Å². The van der Waals surface area contributed by atoms with Gasteiger partial charge in [0.2, 0.25) is 12.1 Å². The van der Waals surface area contributed by atoms with Crippen LogP contribution in [0.15, 0.2) is 67.5 Å². The van der Waals surface area contributed by atoms with Gasteiger partial charge in [0, 0.05) is 21.3 Å². The Morgan fingerprint density at radius 2 is 2.00 bits per heavy atom. The van der Waals surface area contributed by atoms with Crippen molar-refractivity contribution in [3.8, 4) is 10.6 Å². The highest BCUT2D eigenvalue weighted by atomic mass is 79.9. The molecule has 27 heavy (non-hydrogen) atoms. The summed E-state index contributed by atoms with van der Waals surface area (Å²) in [6.45, 7) is 0. The molecule has 1 N–H and O–H groups in total. The second-order valence-electron chi connectivity index (χ2n) is 5.84. The van der Waals surface area contributed by atoms with Gasteiger partial charge in [-0.25, -0.2) is 0 Å². The third-order valence-electron chi connectivity index (χ3n) is 4.06. The number of nitrogens with zero attached hydrogens (tertiary/aromatic N) is 4. The molecule has 0 radical (unpaired) electrons. The molecule has 3 aromatic rings. The summed E-state index contributed by atoms with van der Waals surface area (Å²) in [6.07, 6.45) is -0.295. The van der Waals surface area contributed by atoms with Crippen molar-refractivity contribution in [3.63, 3.8) is 0 Å². The minimum absolute atomic E-state index is 0.295. The fraction of sp³-hybridized carbons (Fsp3) is 0.111. The lowest BCUT2D eigenvalue weighted by Gasteiger charge is -2.18. The lowest BCUT2D eigenvalue weighted by Crippen LogP contribution is -2.32. The van der Waals surface area contributed by atoms with E-state index in [0.717, 1.165) is 36.3 Å². The third kappa shape index (κ3) is 3.38. The molecule has 0 saturated carbocycles. The molecule has 5 rings (SSSR count). The summed E-state index contributed by atoms with van der Waals surface area (Å²) in [7, 11) is 0. The van der Waals surface area contributed by atoms with E-state index in [2.05, 4.69) is 41.6 Å². The molecule has 0 saturated heterocycles. The molecule has 2 aliphatic rings. The molecule has 3 heterocycles. The van der Waals surface area contributed by atoms with Gasteiger partial charge in [0.05, 0.1) is 5.75 Å². The molecule has 0 bridgehead atoms. The fourth-order valence-electron chi connectivity index (χ4n) is 2.82. The van der Waals surface area contributed by atoms with Crippen molar-refractivity contribution in [3.05, 3.63) is 58.6 Å². The average Bonchev–Trinajstić information content (AvgIpc) is 3.31. The summed E-state index contributed by atoms with van der Waals surface area (Å²) in [6, 6.07) is 16.0. The van der Waals surface area contributed by atoms with E-state index in [1.54, 1.807) is 23.1 Å². The zero-order chi connectivity index (χ0) is 18.2. The van der Waals surface area contributed by atoms with Crippen molar-refractivity contribution in [1.29, 1.82) is 0 Å². The van der Waals surface area contributed by atoms with Gasteiger partial charge in [-0.15, -0.1) is 20.4 Å². The van der Waals surface area contributed by atoms with Crippen LogP contribution in [0.25, 0.3) is 10.6 Å². The first kappa shape index (κ1) is 16.9. The Balaban J connectivity index is 1.28. The summed E-state index contributed by atoms with van der Waals surface area (Å²) in [5, 5.41) is 21.4. The average molecular weight is 458 g/mol. The summed E-state index contributed by atoms with van der Waals surface area (Å²) in [5.74, 6) is 1.13. The molecule has 0 spiro atoms. The van der Waals surface area contributed by atoms with Crippen LogP contribution in [0, 0.1) is 0 Å². The molecule has 0 fully saturated rings. The Morgan fingerprint density at radius 3 is 2.89 bits per heavy atom. The van der Waals surface area contributed by atoms with Crippen LogP contribution in [-0.4, -0.2) is 33.8 Å². The smallest absolute Gasteiger partial charge is 0.221 e. The van der Waals surface area contributed by atoms with E-state index >= 15 is 0 Å². The van der Waals surface area contributed by atoms with Crippen LogP contribution in [0.2, 0.25) is 0 Å². The first-order valence-corrected chi connectivity index (χ1v) is 10.7. The van der Waals surface area contributed by atoms with Crippen LogP contribution in [-0.2, 0) is 4.74 Å². The highest BCUT2D eigenvalue weighted by Gasteiger charge is 2.33. The van der Waals surface area contributed by atoms with Crippen molar-refractivity contribution in [2.75, 3.05) is 11.1 Å². The van der Waals surface area contributed by atoms with Crippen molar-refractivity contribution in [2.24, 2.45) is 10.2 Å². The highest BCUT2D eigenvalue weighted by molar-refractivity contribution is 9.10. The zero-order valence-electron chi connectivity index (χ0n) is 13.8. The largest absolute Gasteiger partial charge is 0.449 e. The summed E-state index contributed by atoms with van der Waals surface area (Å²) >= 11 is 6.59. The maximum absolute atomic E-state index is 5.97. The van der Waals surface area contributed by atoms with Crippen LogP contribution in [0.4, 0.5) is 5.69 Å². The molecular formula is C18H12BrN5OS2. The molecule has 2 aliphatic heterocycles. The number of rotatable bonds is 4. The summed E-state index contributed by atoms with van der Waals surface area (Å²) < 4.78 is 7.85. The van der Waals surface area contributed by atoms with Gasteiger partial charge in [0.15, 0.2) is 4.34 Å². The summed E-state index contributed by atoms with van der Waals surface area (Å²) in [4.78, 5) is 0. The number of anilines is 1. The predicted octanol–water partition coefficient (Wildman–Crippen LogP) is 4.64. The fourth-order valence-corrected chi connectivity index (χ4v) is 4.88. The van der Waals surface area contributed by atoms with Crippen molar-refractivity contribution >= 4 is 56.3 Å². The number of nitrogens with one attached hydrogen (secondary N) is 1. The molecule has 6 nitrogen and oxygen atoms in total. The molecule has 2 aromatic carbocycles. The number of ether oxygens (including phenoxy) is 1. The van der Waals surface area contributed by atoms with E-state index in [4.69, 9.17) is 4.74 Å². The lowest BCUT2D eigenvalue weighted by atomic mass is 10.1. The molecule has 1 atom stereocenters. The van der Waals surface area contributed by atoms with Gasteiger partial charge in [0.25, 0.3) is 0 Å². The van der Waals surface area contributed by atoms with E-state index in [0.29, 0.717) is 11.7 Å². The van der Waals surface area contributed by atoms with Crippen LogP contribution < -0.4 is 5.32 Å². The number of halogens is 1. The Labute approximate surface area is 171 Å². The number of aromatic nitrogens is 2. The highest BCUT2D eigenvalue weighted by Crippen LogP contribution is 2.33. The SMILES string of the molecule is Brc1ccc2c(c1)C1=NN=C(CSc3nnc(-c4ccccc4)s3)OC1N2. The number of benzene rings is 2. The van der Waals surface area contributed by atoms with Gasteiger partial charge in [0.1, 0.15) is 10.7 Å². The quantitative estimate of drug-likeness (QED) is 0.577. The predicted molar refractivity (Wildman–Crippen MR) is 113 cm³/mol. The Kier molecular flexibility index (Phi) is 4.42. The topological polar surface area (TPSA) is 71.8 Å². The Bertz CT molecular complexity index is 1070. The van der Waals surface area contributed by atoms with E-state index in [1.807, 2.05) is 48.5 Å². The molecule has 0 aliphatic carbocycles. The standard InChI is InChI=1S/C18H12BrN5OS2/c19-11-6-7-13-12(8-11)15-16(20-13)25-14(21-22-15)9-26-18-24-23-17(27-18)10-4-2-1-3-5-10/h1-8,16,20H,9H2. The van der Waals surface area contributed by atoms with Crippen molar-refractivity contribution in [1.82, 2.24) is 10.2 Å². The molecule has 9 heteroatoms. The van der Waals surface area contributed by atoms with Crippen molar-refractivity contribution < 1.29 is 4.74 Å². The second-order valence-corrected chi connectivity index (χ2v) is 8.95. The minimum atomic E-state index is -0.295. The van der Waals surface area contributed by atoms with E-state index < -0.39 is 0 Å². The first-order valence-electron chi connectivity index (χ1n) is 8.15. The number of hydrogen-bond donors (Lipinski definition) is 1. The molecule has 1 aromatic heterocycles. The monoisotopic (exact) mass is 457 g/mol. The second kappa shape index (κ2) is 7.06. The molecule has 1 unspecified atom stereocenters. The van der Waals surface area contributed by atoms with Crippen LogP contribution in [0.5, 0.6) is 0 Å². The van der Waals surface area contributed by atoms with E-state index in [9.17, 15) is 0 Å². The Morgan fingerprint density at radius 1 is 1.11 bits per heavy atom.